The summed E-state index contributed by atoms with van der Waals surface area (Å²) in [6.07, 6.45) is 1.36. The minimum Gasteiger partial charge on any atom is -0.480 e. The molecule has 0 aliphatic rings. The van der Waals surface area contributed by atoms with Gasteiger partial charge in [0, 0.05) is 0 Å². The first kappa shape index (κ1) is 15.1. The minimum absolute atomic E-state index is 0.247. The molecule has 0 saturated heterocycles. The van der Waals surface area contributed by atoms with Gasteiger partial charge in [0.15, 0.2) is 0 Å². The number of carbonyl (C=O) groups is 1. The summed E-state index contributed by atoms with van der Waals surface area (Å²) >= 11 is 4.87. The van der Waals surface area contributed by atoms with E-state index in [1.54, 1.807) is 0 Å². The molecule has 0 aliphatic carbocycles. The van der Waals surface area contributed by atoms with Gasteiger partial charge in [0.2, 0.25) is 5.89 Å². The zero-order valence-corrected chi connectivity index (χ0v) is 13.2. The van der Waals surface area contributed by atoms with Crippen molar-refractivity contribution in [3.8, 4) is 10.8 Å². The number of thiophene rings is 1. The lowest BCUT2D eigenvalue weighted by molar-refractivity contribution is -0.139. The molecule has 1 atom stereocenters. The summed E-state index contributed by atoms with van der Waals surface area (Å²) in [6.45, 7) is 2.19. The van der Waals surface area contributed by atoms with Crippen LogP contribution < -0.4 is 5.32 Å². The van der Waals surface area contributed by atoms with Crippen LogP contribution in [0.4, 0.5) is 0 Å². The Morgan fingerprint density at radius 2 is 2.35 bits per heavy atom. The van der Waals surface area contributed by atoms with Crippen LogP contribution in [0.25, 0.3) is 10.8 Å². The first-order chi connectivity index (χ1) is 9.60. The summed E-state index contributed by atoms with van der Waals surface area (Å²) in [5.41, 5.74) is 0. The molecule has 0 bridgehead atoms. The van der Waals surface area contributed by atoms with E-state index in [0.717, 1.165) is 15.1 Å². The third kappa shape index (κ3) is 3.87. The van der Waals surface area contributed by atoms with Crippen LogP contribution in [-0.4, -0.2) is 27.3 Å². The summed E-state index contributed by atoms with van der Waals surface area (Å²) in [5, 5.41) is 19.8. The van der Waals surface area contributed by atoms with Crippen molar-refractivity contribution in [1.82, 2.24) is 15.5 Å². The molecule has 2 rings (SSSR count). The van der Waals surface area contributed by atoms with Crippen LogP contribution >= 0.6 is 27.3 Å². The van der Waals surface area contributed by atoms with Gasteiger partial charge >= 0.3 is 5.97 Å². The number of nitrogens with one attached hydrogen (secondary N) is 1. The Morgan fingerprint density at radius 1 is 1.55 bits per heavy atom. The lowest BCUT2D eigenvalue weighted by Gasteiger charge is -2.11. The number of carboxylic acids is 1. The second-order valence-electron chi connectivity index (χ2n) is 4.17. The van der Waals surface area contributed by atoms with Crippen LogP contribution in [0.2, 0.25) is 0 Å². The number of aromatic nitrogens is 2. The molecule has 2 aromatic heterocycles. The van der Waals surface area contributed by atoms with Crippen molar-refractivity contribution in [2.24, 2.45) is 0 Å². The second-order valence-corrected chi connectivity index (χ2v) is 6.63. The van der Waals surface area contributed by atoms with Crippen LogP contribution in [0.15, 0.2) is 20.3 Å². The van der Waals surface area contributed by atoms with E-state index in [2.05, 4.69) is 31.4 Å². The highest BCUT2D eigenvalue weighted by Crippen LogP contribution is 2.30. The molecule has 6 nitrogen and oxygen atoms in total. The standard InChI is InChI=1S/C12H14BrN3O3S/c1-2-3-7(12(17)18)14-6-10-15-16-11(19-10)8-4-5-9(13)20-8/h4-5,7,14H,2-3,6H2,1H3,(H,17,18). The van der Waals surface area contributed by atoms with Gasteiger partial charge in [-0.15, -0.1) is 21.5 Å². The summed E-state index contributed by atoms with van der Waals surface area (Å²) in [5.74, 6) is -0.0412. The fourth-order valence-electron chi connectivity index (χ4n) is 1.67. The van der Waals surface area contributed by atoms with Gasteiger partial charge in [-0.05, 0) is 34.5 Å². The van der Waals surface area contributed by atoms with Gasteiger partial charge in [-0.1, -0.05) is 13.3 Å². The molecule has 0 amide bonds. The van der Waals surface area contributed by atoms with E-state index in [0.29, 0.717) is 18.2 Å². The predicted octanol–water partition coefficient (Wildman–Crippen LogP) is 2.90. The SMILES string of the molecule is CCCC(NCc1nnc(-c2ccc(Br)s2)o1)C(=O)O. The average molecular weight is 360 g/mol. The molecule has 0 fully saturated rings. The smallest absolute Gasteiger partial charge is 0.320 e. The molecular formula is C12H14BrN3O3S. The van der Waals surface area contributed by atoms with Gasteiger partial charge in [-0.3, -0.25) is 10.1 Å². The number of hydrogen-bond acceptors (Lipinski definition) is 6. The fraction of sp³-hybridized carbons (Fsp3) is 0.417. The maximum absolute atomic E-state index is 11.0. The molecule has 0 radical (unpaired) electrons. The molecule has 0 saturated carbocycles. The summed E-state index contributed by atoms with van der Waals surface area (Å²) < 4.78 is 6.49. The van der Waals surface area contributed by atoms with E-state index in [1.807, 2.05) is 19.1 Å². The number of carboxylic acid groups (broad SMARTS) is 1. The molecule has 0 spiro atoms. The normalized spacial score (nSPS) is 12.5. The zero-order chi connectivity index (χ0) is 14.5. The van der Waals surface area contributed by atoms with Crippen molar-refractivity contribution in [3.63, 3.8) is 0 Å². The Hall–Kier alpha value is -1.25. The topological polar surface area (TPSA) is 88.3 Å². The monoisotopic (exact) mass is 359 g/mol. The van der Waals surface area contributed by atoms with E-state index in [9.17, 15) is 4.79 Å². The summed E-state index contributed by atoms with van der Waals surface area (Å²) in [6, 6.07) is 3.20. The first-order valence-electron chi connectivity index (χ1n) is 6.14. The minimum atomic E-state index is -0.867. The second kappa shape index (κ2) is 6.96. The fourth-order valence-corrected chi connectivity index (χ4v) is 2.97. The molecule has 2 heterocycles. The van der Waals surface area contributed by atoms with Crippen LogP contribution in [0.1, 0.15) is 25.7 Å². The van der Waals surface area contributed by atoms with E-state index in [4.69, 9.17) is 9.52 Å². The zero-order valence-electron chi connectivity index (χ0n) is 10.8. The average Bonchev–Trinajstić information content (AvgIpc) is 3.02. The Kier molecular flexibility index (Phi) is 5.27. The lowest BCUT2D eigenvalue weighted by Crippen LogP contribution is -2.36. The molecule has 0 aromatic carbocycles. The molecule has 0 aliphatic heterocycles. The molecule has 1 unspecified atom stereocenters. The van der Waals surface area contributed by atoms with Gasteiger partial charge in [-0.25, -0.2) is 0 Å². The van der Waals surface area contributed by atoms with Gasteiger partial charge in [0.1, 0.15) is 6.04 Å². The third-order valence-electron chi connectivity index (χ3n) is 2.63. The van der Waals surface area contributed by atoms with Crippen molar-refractivity contribution in [1.29, 1.82) is 0 Å². The lowest BCUT2D eigenvalue weighted by atomic mass is 10.2. The quantitative estimate of drug-likeness (QED) is 0.789. The van der Waals surface area contributed by atoms with Crippen LogP contribution in [0, 0.1) is 0 Å². The summed E-state index contributed by atoms with van der Waals surface area (Å²) in [4.78, 5) is 11.9. The highest BCUT2D eigenvalue weighted by molar-refractivity contribution is 9.11. The van der Waals surface area contributed by atoms with Crippen molar-refractivity contribution in [3.05, 3.63) is 21.8 Å². The number of nitrogens with zero attached hydrogens (tertiary/aromatic N) is 2. The van der Waals surface area contributed by atoms with E-state index in [1.165, 1.54) is 11.3 Å². The molecule has 8 heteroatoms. The van der Waals surface area contributed by atoms with Gasteiger partial charge in [0.05, 0.1) is 15.2 Å². The van der Waals surface area contributed by atoms with Crippen LogP contribution in [0.5, 0.6) is 0 Å². The molecule has 2 aromatic rings. The maximum atomic E-state index is 11.0. The first-order valence-corrected chi connectivity index (χ1v) is 7.75. The van der Waals surface area contributed by atoms with Gasteiger partial charge < -0.3 is 9.52 Å². The highest BCUT2D eigenvalue weighted by Gasteiger charge is 2.17. The summed E-state index contributed by atoms with van der Waals surface area (Å²) in [7, 11) is 0. The third-order valence-corrected chi connectivity index (χ3v) is 4.24. The van der Waals surface area contributed by atoms with Crippen molar-refractivity contribution < 1.29 is 14.3 Å². The van der Waals surface area contributed by atoms with Crippen molar-refractivity contribution in [2.45, 2.75) is 32.4 Å². The number of aliphatic carboxylic acids is 1. The Labute approximate surface area is 128 Å². The van der Waals surface area contributed by atoms with Crippen molar-refractivity contribution in [2.75, 3.05) is 0 Å². The van der Waals surface area contributed by atoms with Gasteiger partial charge in [-0.2, -0.15) is 0 Å². The number of halogens is 1. The molecule has 20 heavy (non-hydrogen) atoms. The van der Waals surface area contributed by atoms with E-state index in [-0.39, 0.29) is 6.54 Å². The number of hydrogen-bond donors (Lipinski definition) is 2. The van der Waals surface area contributed by atoms with E-state index >= 15 is 0 Å². The van der Waals surface area contributed by atoms with E-state index < -0.39 is 12.0 Å². The predicted molar refractivity (Wildman–Crippen MR) is 78.5 cm³/mol. The van der Waals surface area contributed by atoms with Gasteiger partial charge in [0.25, 0.3) is 5.89 Å². The molecular weight excluding hydrogens is 346 g/mol. The molecule has 108 valence electrons. The molecule has 2 N–H and O–H groups in total. The Morgan fingerprint density at radius 3 is 2.95 bits per heavy atom. The number of rotatable bonds is 7. The Balaban J connectivity index is 1.97. The maximum Gasteiger partial charge on any atom is 0.320 e. The largest absolute Gasteiger partial charge is 0.480 e. The van der Waals surface area contributed by atoms with Crippen LogP contribution in [0.3, 0.4) is 0 Å². The van der Waals surface area contributed by atoms with Crippen LogP contribution in [-0.2, 0) is 11.3 Å². The van der Waals surface area contributed by atoms with Crippen molar-refractivity contribution >= 4 is 33.2 Å². The Bertz CT molecular complexity index is 584. The highest BCUT2D eigenvalue weighted by atomic mass is 79.9.